The number of carboxylic acid groups (broad SMARTS) is 1. The van der Waals surface area contributed by atoms with Crippen LogP contribution in [0, 0.1) is 27.7 Å². The number of hydrogen-bond donors (Lipinski definition) is 1. The summed E-state index contributed by atoms with van der Waals surface area (Å²) in [6.07, 6.45) is 0. The second kappa shape index (κ2) is 6.27. The van der Waals surface area contributed by atoms with Crippen molar-refractivity contribution in [2.24, 2.45) is 5.92 Å². The average molecular weight is 288 g/mol. The Morgan fingerprint density at radius 1 is 1.50 bits per heavy atom. The summed E-state index contributed by atoms with van der Waals surface area (Å²) in [7, 11) is 0. The lowest BCUT2D eigenvalue weighted by molar-refractivity contribution is -0.386. The summed E-state index contributed by atoms with van der Waals surface area (Å²) in [4.78, 5) is 22.0. The molecule has 0 spiro atoms. The number of nitrogens with zero attached hydrogens (tertiary/aromatic N) is 2. The minimum atomic E-state index is -1.29. The van der Waals surface area contributed by atoms with Crippen LogP contribution in [0.1, 0.15) is 13.8 Å². The van der Waals surface area contributed by atoms with E-state index < -0.39 is 34.1 Å². The number of carboxylic acids is 1. The molecule has 0 saturated carbocycles. The summed E-state index contributed by atoms with van der Waals surface area (Å²) in [5, 5.41) is 19.7. The molecule has 0 bridgehead atoms. The van der Waals surface area contributed by atoms with Crippen LogP contribution in [0.15, 0.2) is 12.1 Å². The SMILES string of the molecule is CCN(CC(C)C(=O)O)c1cc(F)cc(F)c1[N+](=O)[O-]. The Morgan fingerprint density at radius 3 is 2.55 bits per heavy atom. The lowest BCUT2D eigenvalue weighted by atomic mass is 10.1. The Bertz CT molecular complexity index is 536. The Hall–Kier alpha value is -2.25. The molecule has 0 aliphatic carbocycles. The van der Waals surface area contributed by atoms with Gasteiger partial charge in [0.1, 0.15) is 11.5 Å². The van der Waals surface area contributed by atoms with Gasteiger partial charge in [-0.1, -0.05) is 6.92 Å². The number of carbonyl (C=O) groups is 1. The largest absolute Gasteiger partial charge is 0.481 e. The number of nitro groups is 1. The van der Waals surface area contributed by atoms with E-state index in [1.807, 2.05) is 0 Å². The summed E-state index contributed by atoms with van der Waals surface area (Å²) in [5.41, 5.74) is -1.12. The first kappa shape index (κ1) is 15.8. The summed E-state index contributed by atoms with van der Waals surface area (Å²) in [6, 6.07) is 1.26. The van der Waals surface area contributed by atoms with E-state index in [0.717, 1.165) is 6.07 Å². The predicted octanol–water partition coefficient (Wildman–Crippen LogP) is 2.42. The van der Waals surface area contributed by atoms with Gasteiger partial charge in [-0.15, -0.1) is 0 Å². The highest BCUT2D eigenvalue weighted by molar-refractivity contribution is 5.71. The second-order valence-corrected chi connectivity index (χ2v) is 4.29. The van der Waals surface area contributed by atoms with Crippen LogP contribution in [-0.4, -0.2) is 29.1 Å². The zero-order valence-corrected chi connectivity index (χ0v) is 11.0. The molecule has 0 heterocycles. The molecule has 1 aromatic carbocycles. The average Bonchev–Trinajstić information content (AvgIpc) is 2.33. The molecule has 8 heteroatoms. The van der Waals surface area contributed by atoms with Gasteiger partial charge in [0.05, 0.1) is 10.8 Å². The van der Waals surface area contributed by atoms with E-state index in [0.29, 0.717) is 6.07 Å². The quantitative estimate of drug-likeness (QED) is 0.642. The van der Waals surface area contributed by atoms with Crippen LogP contribution in [0.25, 0.3) is 0 Å². The van der Waals surface area contributed by atoms with E-state index in [-0.39, 0.29) is 18.8 Å². The molecule has 6 nitrogen and oxygen atoms in total. The zero-order chi connectivity index (χ0) is 15.4. The third-order valence-corrected chi connectivity index (χ3v) is 2.83. The van der Waals surface area contributed by atoms with Gasteiger partial charge in [-0.3, -0.25) is 14.9 Å². The van der Waals surface area contributed by atoms with Crippen LogP contribution in [0.5, 0.6) is 0 Å². The van der Waals surface area contributed by atoms with E-state index in [9.17, 15) is 23.7 Å². The molecule has 110 valence electrons. The summed E-state index contributed by atoms with van der Waals surface area (Å²) < 4.78 is 26.8. The van der Waals surface area contributed by atoms with E-state index >= 15 is 0 Å². The summed E-state index contributed by atoms with van der Waals surface area (Å²) in [5.74, 6) is -4.17. The molecule has 0 amide bonds. The fraction of sp³-hybridized carbons (Fsp3) is 0.417. The maximum absolute atomic E-state index is 13.5. The lowest BCUT2D eigenvalue weighted by Crippen LogP contribution is -2.32. The number of hydrogen-bond acceptors (Lipinski definition) is 4. The van der Waals surface area contributed by atoms with Crippen LogP contribution in [0.4, 0.5) is 20.2 Å². The zero-order valence-electron chi connectivity index (χ0n) is 11.0. The van der Waals surface area contributed by atoms with Crippen LogP contribution < -0.4 is 4.90 Å². The summed E-state index contributed by atoms with van der Waals surface area (Å²) in [6.45, 7) is 3.12. The highest BCUT2D eigenvalue weighted by Gasteiger charge is 2.27. The van der Waals surface area contributed by atoms with Crippen LogP contribution >= 0.6 is 0 Å². The lowest BCUT2D eigenvalue weighted by Gasteiger charge is -2.24. The number of rotatable bonds is 6. The Kier molecular flexibility index (Phi) is 4.95. The van der Waals surface area contributed by atoms with Crippen LogP contribution in [0.2, 0.25) is 0 Å². The van der Waals surface area contributed by atoms with E-state index in [2.05, 4.69) is 0 Å². The topological polar surface area (TPSA) is 83.7 Å². The van der Waals surface area contributed by atoms with Crippen molar-refractivity contribution >= 4 is 17.3 Å². The van der Waals surface area contributed by atoms with Crippen molar-refractivity contribution in [2.45, 2.75) is 13.8 Å². The van der Waals surface area contributed by atoms with Crippen molar-refractivity contribution in [1.29, 1.82) is 0 Å². The van der Waals surface area contributed by atoms with Gasteiger partial charge in [-0.05, 0) is 6.92 Å². The fourth-order valence-electron chi connectivity index (χ4n) is 1.78. The Morgan fingerprint density at radius 2 is 2.10 bits per heavy atom. The first-order chi connectivity index (χ1) is 9.27. The van der Waals surface area contributed by atoms with Gasteiger partial charge in [-0.2, -0.15) is 4.39 Å². The third kappa shape index (κ3) is 3.40. The molecule has 1 N–H and O–H groups in total. The Labute approximate surface area is 113 Å². The maximum Gasteiger partial charge on any atom is 0.328 e. The number of benzene rings is 1. The second-order valence-electron chi connectivity index (χ2n) is 4.29. The first-order valence-electron chi connectivity index (χ1n) is 5.89. The Balaban J connectivity index is 3.27. The first-order valence-corrected chi connectivity index (χ1v) is 5.89. The minimum absolute atomic E-state index is 0.0877. The maximum atomic E-state index is 13.5. The minimum Gasteiger partial charge on any atom is -0.481 e. The highest BCUT2D eigenvalue weighted by atomic mass is 19.1. The highest BCUT2D eigenvalue weighted by Crippen LogP contribution is 2.32. The van der Waals surface area contributed by atoms with E-state index in [1.165, 1.54) is 11.8 Å². The van der Waals surface area contributed by atoms with Crippen molar-refractivity contribution in [1.82, 2.24) is 0 Å². The monoisotopic (exact) mass is 288 g/mol. The van der Waals surface area contributed by atoms with Gasteiger partial charge in [0.2, 0.25) is 5.82 Å². The molecule has 1 aromatic rings. The molecule has 1 rings (SSSR count). The predicted molar refractivity (Wildman–Crippen MR) is 67.7 cm³/mol. The smallest absolute Gasteiger partial charge is 0.328 e. The van der Waals surface area contributed by atoms with Crippen molar-refractivity contribution in [3.05, 3.63) is 33.9 Å². The van der Waals surface area contributed by atoms with Gasteiger partial charge in [0.15, 0.2) is 0 Å². The fourth-order valence-corrected chi connectivity index (χ4v) is 1.78. The summed E-state index contributed by atoms with van der Waals surface area (Å²) >= 11 is 0. The molecule has 0 radical (unpaired) electrons. The molecule has 0 aromatic heterocycles. The van der Waals surface area contributed by atoms with Gasteiger partial charge in [0.25, 0.3) is 0 Å². The van der Waals surface area contributed by atoms with E-state index in [1.54, 1.807) is 6.92 Å². The standard InChI is InChI=1S/C12H14F2N2O4/c1-3-15(6-7(2)12(17)18)10-5-8(13)4-9(14)11(10)16(19)20/h4-5,7H,3,6H2,1-2H3,(H,17,18). The van der Waals surface area contributed by atoms with Gasteiger partial charge < -0.3 is 10.0 Å². The van der Waals surface area contributed by atoms with Crippen molar-refractivity contribution in [2.75, 3.05) is 18.0 Å². The van der Waals surface area contributed by atoms with E-state index in [4.69, 9.17) is 5.11 Å². The molecule has 0 aliphatic rings. The molecular formula is C12H14F2N2O4. The van der Waals surface area contributed by atoms with Gasteiger partial charge >= 0.3 is 11.7 Å². The molecule has 1 atom stereocenters. The molecule has 0 aliphatic heterocycles. The van der Waals surface area contributed by atoms with Crippen LogP contribution in [-0.2, 0) is 4.79 Å². The molecular weight excluding hydrogens is 274 g/mol. The number of nitro benzene ring substituents is 1. The number of halogens is 2. The van der Waals surface area contributed by atoms with Crippen LogP contribution in [0.3, 0.4) is 0 Å². The van der Waals surface area contributed by atoms with Crippen molar-refractivity contribution < 1.29 is 23.6 Å². The van der Waals surface area contributed by atoms with Crippen molar-refractivity contribution in [3.8, 4) is 0 Å². The normalized spacial score (nSPS) is 12.0. The molecule has 0 fully saturated rings. The van der Waals surface area contributed by atoms with Crippen molar-refractivity contribution in [3.63, 3.8) is 0 Å². The van der Waals surface area contributed by atoms with Gasteiger partial charge in [-0.25, -0.2) is 4.39 Å². The molecule has 20 heavy (non-hydrogen) atoms. The number of aliphatic carboxylic acids is 1. The molecule has 0 saturated heterocycles. The molecule has 1 unspecified atom stereocenters. The third-order valence-electron chi connectivity index (χ3n) is 2.83. The number of anilines is 1. The van der Waals surface area contributed by atoms with Gasteiger partial charge in [0, 0.05) is 25.2 Å².